The summed E-state index contributed by atoms with van der Waals surface area (Å²) in [5, 5.41) is 9.67. The van der Waals surface area contributed by atoms with Crippen LogP contribution in [-0.2, 0) is 0 Å². The minimum absolute atomic E-state index is 0.458. The van der Waals surface area contributed by atoms with Crippen molar-refractivity contribution in [3.8, 4) is 6.07 Å². The molecule has 4 nitrogen and oxygen atoms in total. The number of halogens is 1. The predicted molar refractivity (Wildman–Crippen MR) is 64.9 cm³/mol. The van der Waals surface area contributed by atoms with Gasteiger partial charge in [-0.25, -0.2) is 14.4 Å². The molecule has 0 spiro atoms. The van der Waals surface area contributed by atoms with Crippen molar-refractivity contribution in [1.29, 1.82) is 5.26 Å². The number of nitrogens with zero attached hydrogens (tertiary/aromatic N) is 4. The van der Waals surface area contributed by atoms with Gasteiger partial charge in [0.15, 0.2) is 11.0 Å². The van der Waals surface area contributed by atoms with Crippen LogP contribution in [0.15, 0.2) is 11.4 Å². The molecule has 17 heavy (non-hydrogen) atoms. The maximum absolute atomic E-state index is 13.1. The summed E-state index contributed by atoms with van der Waals surface area (Å²) in [6.45, 7) is 1.22. The van der Waals surface area contributed by atoms with Crippen molar-refractivity contribution in [3.63, 3.8) is 0 Å². The van der Waals surface area contributed by atoms with E-state index in [0.717, 1.165) is 0 Å². The standard InChI is InChI=1S/C11H13FN4S/c1-17-11-14-7-8(6-13)10(15-11)16-4-2-9(12)3-5-16/h7,9H,2-5H2,1H3. The van der Waals surface area contributed by atoms with Crippen LogP contribution in [-0.4, -0.2) is 35.5 Å². The van der Waals surface area contributed by atoms with E-state index >= 15 is 0 Å². The molecule has 0 bridgehead atoms. The van der Waals surface area contributed by atoms with Gasteiger partial charge >= 0.3 is 0 Å². The Kier molecular flexibility index (Phi) is 3.79. The SMILES string of the molecule is CSc1ncc(C#N)c(N2CCC(F)CC2)n1. The monoisotopic (exact) mass is 252 g/mol. The first-order chi connectivity index (χ1) is 8.24. The highest BCUT2D eigenvalue weighted by atomic mass is 32.2. The molecule has 0 saturated carbocycles. The maximum Gasteiger partial charge on any atom is 0.189 e. The average molecular weight is 252 g/mol. The third kappa shape index (κ3) is 2.67. The van der Waals surface area contributed by atoms with E-state index in [-0.39, 0.29) is 0 Å². The Balaban J connectivity index is 2.27. The first-order valence-electron chi connectivity index (χ1n) is 5.44. The van der Waals surface area contributed by atoms with Crippen LogP contribution in [0.1, 0.15) is 18.4 Å². The average Bonchev–Trinajstić information content (AvgIpc) is 2.39. The number of rotatable bonds is 2. The molecule has 1 aromatic rings. The molecule has 1 aromatic heterocycles. The fourth-order valence-electron chi connectivity index (χ4n) is 1.84. The molecule has 0 atom stereocenters. The minimum Gasteiger partial charge on any atom is -0.355 e. The van der Waals surface area contributed by atoms with Crippen molar-refractivity contribution in [1.82, 2.24) is 9.97 Å². The third-order valence-electron chi connectivity index (χ3n) is 2.77. The first-order valence-corrected chi connectivity index (χ1v) is 6.67. The highest BCUT2D eigenvalue weighted by Crippen LogP contribution is 2.24. The summed E-state index contributed by atoms with van der Waals surface area (Å²) in [6, 6.07) is 2.09. The summed E-state index contributed by atoms with van der Waals surface area (Å²) in [5.41, 5.74) is 0.458. The van der Waals surface area contributed by atoms with Crippen LogP contribution in [0.3, 0.4) is 0 Å². The number of thioether (sulfide) groups is 1. The predicted octanol–water partition coefficient (Wildman–Crippen LogP) is 2.01. The van der Waals surface area contributed by atoms with Gasteiger partial charge < -0.3 is 4.90 Å². The molecule has 0 unspecified atom stereocenters. The largest absolute Gasteiger partial charge is 0.355 e. The van der Waals surface area contributed by atoms with Crippen LogP contribution in [0.4, 0.5) is 10.2 Å². The number of hydrogen-bond donors (Lipinski definition) is 0. The number of aromatic nitrogens is 2. The van der Waals surface area contributed by atoms with Crippen molar-refractivity contribution in [2.75, 3.05) is 24.2 Å². The van der Waals surface area contributed by atoms with E-state index in [1.807, 2.05) is 11.2 Å². The zero-order valence-electron chi connectivity index (χ0n) is 9.56. The highest BCUT2D eigenvalue weighted by Gasteiger charge is 2.22. The molecule has 0 aliphatic carbocycles. The minimum atomic E-state index is -0.723. The second-order valence-corrected chi connectivity index (χ2v) is 4.64. The number of nitriles is 1. The van der Waals surface area contributed by atoms with Gasteiger partial charge in [-0.3, -0.25) is 0 Å². The molecule has 2 rings (SSSR count). The molecule has 1 aliphatic heterocycles. The Morgan fingerprint density at radius 3 is 2.82 bits per heavy atom. The summed E-state index contributed by atoms with van der Waals surface area (Å²) in [6.07, 6.45) is 3.71. The van der Waals surface area contributed by atoms with E-state index in [1.165, 1.54) is 18.0 Å². The smallest absolute Gasteiger partial charge is 0.189 e. The topological polar surface area (TPSA) is 52.8 Å². The number of hydrogen-bond acceptors (Lipinski definition) is 5. The summed E-state index contributed by atoms with van der Waals surface area (Å²) < 4.78 is 13.1. The van der Waals surface area contributed by atoms with Gasteiger partial charge in [-0.15, -0.1) is 0 Å². The Morgan fingerprint density at radius 1 is 1.53 bits per heavy atom. The van der Waals surface area contributed by atoms with Gasteiger partial charge in [-0.05, 0) is 19.1 Å². The Hall–Kier alpha value is -1.35. The molecule has 1 saturated heterocycles. The van der Waals surface area contributed by atoms with Crippen molar-refractivity contribution >= 4 is 17.6 Å². The summed E-state index contributed by atoms with van der Waals surface area (Å²) in [5.74, 6) is 0.638. The van der Waals surface area contributed by atoms with Crippen LogP contribution < -0.4 is 4.90 Å². The first kappa shape index (κ1) is 12.1. The van der Waals surface area contributed by atoms with Crippen molar-refractivity contribution < 1.29 is 4.39 Å². The van der Waals surface area contributed by atoms with E-state index in [2.05, 4.69) is 16.0 Å². The summed E-state index contributed by atoms with van der Waals surface area (Å²) >= 11 is 1.43. The molecule has 0 N–H and O–H groups in total. The highest BCUT2D eigenvalue weighted by molar-refractivity contribution is 7.98. The summed E-state index contributed by atoms with van der Waals surface area (Å²) in [4.78, 5) is 10.4. The van der Waals surface area contributed by atoms with Gasteiger partial charge in [-0.2, -0.15) is 5.26 Å². The van der Waals surface area contributed by atoms with Crippen LogP contribution in [0.5, 0.6) is 0 Å². The fourth-order valence-corrected chi connectivity index (χ4v) is 2.17. The van der Waals surface area contributed by atoms with E-state index in [1.54, 1.807) is 0 Å². The van der Waals surface area contributed by atoms with E-state index in [4.69, 9.17) is 5.26 Å². The van der Waals surface area contributed by atoms with Crippen LogP contribution in [0.25, 0.3) is 0 Å². The molecule has 1 aliphatic rings. The van der Waals surface area contributed by atoms with Gasteiger partial charge in [0.25, 0.3) is 0 Å². The lowest BCUT2D eigenvalue weighted by Crippen LogP contribution is -2.35. The molecule has 0 aromatic carbocycles. The molecular formula is C11H13FN4S. The maximum atomic E-state index is 13.1. The zero-order chi connectivity index (χ0) is 12.3. The number of alkyl halides is 1. The molecule has 0 radical (unpaired) electrons. The van der Waals surface area contributed by atoms with Gasteiger partial charge in [0, 0.05) is 13.1 Å². The van der Waals surface area contributed by atoms with Crippen molar-refractivity contribution in [3.05, 3.63) is 11.8 Å². The Labute approximate surface area is 104 Å². The molecular weight excluding hydrogens is 239 g/mol. The van der Waals surface area contributed by atoms with Crippen molar-refractivity contribution in [2.24, 2.45) is 0 Å². The molecule has 90 valence electrons. The van der Waals surface area contributed by atoms with Crippen LogP contribution in [0, 0.1) is 11.3 Å². The van der Waals surface area contributed by atoms with E-state index in [0.29, 0.717) is 42.5 Å². The van der Waals surface area contributed by atoms with Crippen LogP contribution in [0.2, 0.25) is 0 Å². The quantitative estimate of drug-likeness (QED) is 0.595. The lowest BCUT2D eigenvalue weighted by atomic mass is 10.1. The normalized spacial score (nSPS) is 16.9. The molecule has 0 amide bonds. The number of piperidine rings is 1. The van der Waals surface area contributed by atoms with E-state index in [9.17, 15) is 4.39 Å². The lowest BCUT2D eigenvalue weighted by molar-refractivity contribution is 0.276. The van der Waals surface area contributed by atoms with E-state index < -0.39 is 6.17 Å². The Bertz CT molecular complexity index is 438. The molecule has 1 fully saturated rings. The van der Waals surface area contributed by atoms with Crippen LogP contribution >= 0.6 is 11.8 Å². The van der Waals surface area contributed by atoms with Crippen molar-refractivity contribution in [2.45, 2.75) is 24.2 Å². The lowest BCUT2D eigenvalue weighted by Gasteiger charge is -2.30. The number of anilines is 1. The van der Waals surface area contributed by atoms with Gasteiger partial charge in [0.2, 0.25) is 0 Å². The molecule has 2 heterocycles. The fraction of sp³-hybridized carbons (Fsp3) is 0.545. The second-order valence-electron chi connectivity index (χ2n) is 3.87. The van der Waals surface area contributed by atoms with Gasteiger partial charge in [-0.1, -0.05) is 11.8 Å². The Morgan fingerprint density at radius 2 is 2.24 bits per heavy atom. The summed E-state index contributed by atoms with van der Waals surface area (Å²) in [7, 11) is 0. The van der Waals surface area contributed by atoms with Gasteiger partial charge in [0.05, 0.1) is 6.20 Å². The van der Waals surface area contributed by atoms with Gasteiger partial charge in [0.1, 0.15) is 17.8 Å². The second kappa shape index (κ2) is 5.32. The zero-order valence-corrected chi connectivity index (χ0v) is 10.4. The third-order valence-corrected chi connectivity index (χ3v) is 3.34. The molecule has 6 heteroatoms.